The molecule has 1 saturated carbocycles. The number of aromatic nitrogens is 2. The summed E-state index contributed by atoms with van der Waals surface area (Å²) in [5.74, 6) is -0.0141. The van der Waals surface area contributed by atoms with Crippen LogP contribution < -0.4 is 5.32 Å². The van der Waals surface area contributed by atoms with Gasteiger partial charge in [0, 0.05) is 32.2 Å². The maximum absolute atomic E-state index is 12.3. The van der Waals surface area contributed by atoms with E-state index in [0.29, 0.717) is 23.3 Å². The van der Waals surface area contributed by atoms with Crippen molar-refractivity contribution in [2.45, 2.75) is 31.7 Å². The van der Waals surface area contributed by atoms with E-state index in [1.807, 2.05) is 18.2 Å². The number of fused-ring (bicyclic) bond motifs is 1. The number of carbonyl (C=O) groups excluding carboxylic acids is 1. The van der Waals surface area contributed by atoms with Crippen LogP contribution in [0.5, 0.6) is 0 Å². The molecule has 24 heavy (non-hydrogen) atoms. The number of nitrogens with zero attached hydrogens (tertiary/aromatic N) is 4. The summed E-state index contributed by atoms with van der Waals surface area (Å²) in [6, 6.07) is 6.24. The lowest BCUT2D eigenvalue weighted by atomic mass is 10.2. The number of benzene rings is 1. The van der Waals surface area contributed by atoms with Gasteiger partial charge in [0.2, 0.25) is 5.91 Å². The molecule has 1 aromatic heterocycles. The van der Waals surface area contributed by atoms with Gasteiger partial charge in [0.15, 0.2) is 5.52 Å². The zero-order valence-electron chi connectivity index (χ0n) is 13.8. The van der Waals surface area contributed by atoms with E-state index in [2.05, 4.69) is 25.4 Å². The molecule has 2 aliphatic rings. The van der Waals surface area contributed by atoms with Crippen molar-refractivity contribution in [3.63, 3.8) is 0 Å². The minimum absolute atomic E-state index is 0.0141. The lowest BCUT2D eigenvalue weighted by Crippen LogP contribution is -2.51. The first-order valence-electron chi connectivity index (χ1n) is 8.77. The Morgan fingerprint density at radius 1 is 1.17 bits per heavy atom. The summed E-state index contributed by atoms with van der Waals surface area (Å²) in [6.07, 6.45) is 5.43. The molecule has 0 unspecified atom stereocenters. The Kier molecular flexibility index (Phi) is 4.44. The summed E-state index contributed by atoms with van der Waals surface area (Å²) in [4.78, 5) is 17.2. The fourth-order valence-corrected chi connectivity index (χ4v) is 3.86. The Balaban J connectivity index is 1.30. The lowest BCUT2D eigenvalue weighted by Gasteiger charge is -2.37. The average molecular weight is 329 g/mol. The third kappa shape index (κ3) is 3.27. The molecule has 7 nitrogen and oxygen atoms in total. The summed E-state index contributed by atoms with van der Waals surface area (Å²) in [6.45, 7) is 4.47. The molecule has 2 fully saturated rings. The van der Waals surface area contributed by atoms with Crippen LogP contribution in [-0.4, -0.2) is 64.8 Å². The Morgan fingerprint density at radius 3 is 2.75 bits per heavy atom. The molecule has 0 bridgehead atoms. The summed E-state index contributed by atoms with van der Waals surface area (Å²) in [5, 5.41) is 10.6. The lowest BCUT2D eigenvalue weighted by molar-refractivity contribution is -0.117. The van der Waals surface area contributed by atoms with Gasteiger partial charge in [-0.2, -0.15) is 0 Å². The van der Waals surface area contributed by atoms with Gasteiger partial charge in [-0.1, -0.05) is 18.9 Å². The number of carbonyl (C=O) groups is 1. The van der Waals surface area contributed by atoms with Gasteiger partial charge in [-0.3, -0.25) is 14.6 Å². The molecule has 0 radical (unpaired) electrons. The predicted octanol–water partition coefficient (Wildman–Crippen LogP) is 1.72. The maximum Gasteiger partial charge on any atom is 0.238 e. The molecule has 128 valence electrons. The molecule has 0 spiro atoms. The van der Waals surface area contributed by atoms with Crippen molar-refractivity contribution in [2.24, 2.45) is 0 Å². The van der Waals surface area contributed by atoms with Gasteiger partial charge in [0.25, 0.3) is 0 Å². The summed E-state index contributed by atoms with van der Waals surface area (Å²) in [7, 11) is 0. The van der Waals surface area contributed by atoms with Crippen LogP contribution in [0.15, 0.2) is 22.8 Å². The van der Waals surface area contributed by atoms with E-state index < -0.39 is 0 Å². The van der Waals surface area contributed by atoms with Crippen LogP contribution >= 0.6 is 0 Å². The predicted molar refractivity (Wildman–Crippen MR) is 90.7 cm³/mol. The van der Waals surface area contributed by atoms with Crippen LogP contribution in [0.4, 0.5) is 5.69 Å². The van der Waals surface area contributed by atoms with Crippen molar-refractivity contribution < 1.29 is 9.42 Å². The number of anilines is 1. The van der Waals surface area contributed by atoms with E-state index in [0.717, 1.165) is 32.2 Å². The Bertz CT molecular complexity index is 702. The van der Waals surface area contributed by atoms with E-state index in [9.17, 15) is 4.79 Å². The Labute approximate surface area is 140 Å². The largest absolute Gasteiger partial charge is 0.323 e. The van der Waals surface area contributed by atoms with Crippen LogP contribution in [0.3, 0.4) is 0 Å². The van der Waals surface area contributed by atoms with E-state index in [1.54, 1.807) is 0 Å². The van der Waals surface area contributed by atoms with Gasteiger partial charge >= 0.3 is 0 Å². The van der Waals surface area contributed by atoms with E-state index >= 15 is 0 Å². The molecule has 2 aromatic rings. The second kappa shape index (κ2) is 6.86. The molecule has 1 amide bonds. The second-order valence-electron chi connectivity index (χ2n) is 6.74. The first-order valence-corrected chi connectivity index (χ1v) is 8.77. The van der Waals surface area contributed by atoms with Crippen LogP contribution in [-0.2, 0) is 4.79 Å². The topological polar surface area (TPSA) is 74.5 Å². The van der Waals surface area contributed by atoms with E-state index in [1.165, 1.54) is 25.7 Å². The van der Waals surface area contributed by atoms with Crippen LogP contribution in [0.2, 0.25) is 0 Å². The number of hydrogen-bond donors (Lipinski definition) is 1. The second-order valence-corrected chi connectivity index (χ2v) is 6.74. The SMILES string of the molecule is O=C(CN1CCN(C2CCCC2)CC1)Nc1cccc2nonc12. The molecule has 1 saturated heterocycles. The van der Waals surface area contributed by atoms with Crippen LogP contribution in [0.1, 0.15) is 25.7 Å². The van der Waals surface area contributed by atoms with Gasteiger partial charge < -0.3 is 5.32 Å². The fourth-order valence-electron chi connectivity index (χ4n) is 3.86. The molecular formula is C17H23N5O2. The third-order valence-corrected chi connectivity index (χ3v) is 5.18. The fraction of sp³-hybridized carbons (Fsp3) is 0.588. The zero-order valence-corrected chi connectivity index (χ0v) is 13.8. The number of nitrogens with one attached hydrogen (secondary N) is 1. The van der Waals surface area contributed by atoms with Crippen molar-refractivity contribution in [1.29, 1.82) is 0 Å². The van der Waals surface area contributed by atoms with Crippen LogP contribution in [0.25, 0.3) is 11.0 Å². The summed E-state index contributed by atoms with van der Waals surface area (Å²) < 4.78 is 4.73. The van der Waals surface area contributed by atoms with Gasteiger partial charge in [0.1, 0.15) is 5.52 Å². The van der Waals surface area contributed by atoms with Crippen molar-refractivity contribution in [3.8, 4) is 0 Å². The van der Waals surface area contributed by atoms with Crippen molar-refractivity contribution in [1.82, 2.24) is 20.1 Å². The highest BCUT2D eigenvalue weighted by Gasteiger charge is 2.26. The normalized spacial score (nSPS) is 20.7. The van der Waals surface area contributed by atoms with Gasteiger partial charge in [0.05, 0.1) is 12.2 Å². The molecule has 7 heteroatoms. The van der Waals surface area contributed by atoms with Gasteiger partial charge in [-0.05, 0) is 35.3 Å². The highest BCUT2D eigenvalue weighted by atomic mass is 16.6. The maximum atomic E-state index is 12.3. The highest BCUT2D eigenvalue weighted by Crippen LogP contribution is 2.24. The minimum atomic E-state index is -0.0141. The Hall–Kier alpha value is -1.99. The van der Waals surface area contributed by atoms with E-state index in [-0.39, 0.29) is 5.91 Å². The monoisotopic (exact) mass is 329 g/mol. The molecule has 4 rings (SSSR count). The molecule has 1 aromatic carbocycles. The standard InChI is InChI=1S/C17H23N5O2/c23-16(18-14-6-3-7-15-17(14)20-24-19-15)12-21-8-10-22(11-9-21)13-4-1-2-5-13/h3,6-7,13H,1-2,4-5,8-12H2,(H,18,23). The van der Waals surface area contributed by atoms with Crippen molar-refractivity contribution in [3.05, 3.63) is 18.2 Å². The molecule has 2 heterocycles. The van der Waals surface area contributed by atoms with Gasteiger partial charge in [-0.15, -0.1) is 0 Å². The molecule has 1 aliphatic carbocycles. The number of amides is 1. The smallest absolute Gasteiger partial charge is 0.238 e. The number of hydrogen-bond acceptors (Lipinski definition) is 6. The molecule has 1 aliphatic heterocycles. The van der Waals surface area contributed by atoms with Crippen molar-refractivity contribution >= 4 is 22.6 Å². The van der Waals surface area contributed by atoms with Crippen molar-refractivity contribution in [2.75, 3.05) is 38.0 Å². The third-order valence-electron chi connectivity index (χ3n) is 5.18. The van der Waals surface area contributed by atoms with E-state index in [4.69, 9.17) is 4.63 Å². The average Bonchev–Trinajstić information content (AvgIpc) is 3.27. The summed E-state index contributed by atoms with van der Waals surface area (Å²) in [5.41, 5.74) is 1.90. The number of piperazine rings is 1. The first kappa shape index (κ1) is 15.5. The van der Waals surface area contributed by atoms with Gasteiger partial charge in [-0.25, -0.2) is 4.63 Å². The molecule has 1 N–H and O–H groups in total. The molecule has 0 atom stereocenters. The first-order chi connectivity index (χ1) is 11.8. The van der Waals surface area contributed by atoms with Crippen LogP contribution in [0, 0.1) is 0 Å². The minimum Gasteiger partial charge on any atom is -0.323 e. The highest BCUT2D eigenvalue weighted by molar-refractivity contribution is 5.99. The Morgan fingerprint density at radius 2 is 1.96 bits per heavy atom. The number of rotatable bonds is 4. The quantitative estimate of drug-likeness (QED) is 0.921. The zero-order chi connectivity index (χ0) is 16.4. The summed E-state index contributed by atoms with van der Waals surface area (Å²) >= 11 is 0. The molecular weight excluding hydrogens is 306 g/mol.